The van der Waals surface area contributed by atoms with E-state index in [2.05, 4.69) is 27.7 Å². The quantitative estimate of drug-likeness (QED) is 0.387. The summed E-state index contributed by atoms with van der Waals surface area (Å²) < 4.78 is 0. The van der Waals surface area contributed by atoms with Gasteiger partial charge in [0, 0.05) is 0 Å². The van der Waals surface area contributed by atoms with Crippen molar-refractivity contribution in [3.05, 3.63) is 21.8 Å². The summed E-state index contributed by atoms with van der Waals surface area (Å²) in [5, 5.41) is 0. The predicted molar refractivity (Wildman–Crippen MR) is 81.0 cm³/mol. The Labute approximate surface area is 158 Å². The topological polar surface area (TPSA) is 0 Å². The largest absolute Gasteiger partial charge is 1.00 e. The monoisotopic (exact) mass is 240 g/mol. The molecule has 0 aliphatic carbocycles. The Balaban J connectivity index is -0.00000000832. The Bertz CT molecular complexity index is 30.9. The molecule has 0 aromatic carbocycles. The van der Waals surface area contributed by atoms with Crippen LogP contribution in [0.4, 0.5) is 0 Å². The summed E-state index contributed by atoms with van der Waals surface area (Å²) >= 11 is 0. The van der Waals surface area contributed by atoms with Gasteiger partial charge in [0.25, 0.3) is 0 Å². The van der Waals surface area contributed by atoms with E-state index in [1.54, 1.807) is 0 Å². The maximum Gasteiger partial charge on any atom is 1.00 e. The molecule has 0 aromatic rings. The SMILES string of the molecule is CC.CC.CCCCC.[CH2-]CCC.[CH3-].[CH3-].[Li+].[Li+].[Li+]. The number of hydrogen-bond acceptors (Lipinski definition) is 0. The average Bonchev–Trinajstić information content (AvgIpc) is 2.25. The van der Waals surface area contributed by atoms with Crippen LogP contribution < -0.4 is 56.6 Å². The fourth-order valence-electron chi connectivity index (χ4n) is 0.354. The van der Waals surface area contributed by atoms with E-state index in [4.69, 9.17) is 0 Å². The first-order valence-electron chi connectivity index (χ1n) is 6.12. The summed E-state index contributed by atoms with van der Waals surface area (Å²) in [6.45, 7) is 18.1. The van der Waals surface area contributed by atoms with Gasteiger partial charge in [-0.05, 0) is 0 Å². The minimum Gasteiger partial charge on any atom is -0.358 e. The van der Waals surface area contributed by atoms with Crippen molar-refractivity contribution in [2.24, 2.45) is 0 Å². The van der Waals surface area contributed by atoms with Crippen LogP contribution >= 0.6 is 0 Å². The molecule has 0 radical (unpaired) electrons. The van der Waals surface area contributed by atoms with Crippen LogP contribution in [0, 0.1) is 21.8 Å². The van der Waals surface area contributed by atoms with Crippen LogP contribution in [0.25, 0.3) is 0 Å². The second-order valence-electron chi connectivity index (χ2n) is 2.21. The van der Waals surface area contributed by atoms with Gasteiger partial charge in [0.05, 0.1) is 0 Å². The summed E-state index contributed by atoms with van der Waals surface area (Å²) in [5.41, 5.74) is 0. The zero-order valence-electron chi connectivity index (χ0n) is 16.2. The van der Waals surface area contributed by atoms with Crippen molar-refractivity contribution in [3.63, 3.8) is 0 Å². The van der Waals surface area contributed by atoms with Gasteiger partial charge in [0.15, 0.2) is 0 Å². The molecule has 3 heteroatoms. The second kappa shape index (κ2) is 129. The van der Waals surface area contributed by atoms with Crippen LogP contribution in [-0.2, 0) is 0 Å². The summed E-state index contributed by atoms with van der Waals surface area (Å²) in [5.74, 6) is 0. The molecule has 0 aliphatic rings. The molecule has 0 bridgehead atoms. The number of unbranched alkanes of at least 4 members (excludes halogenated alkanes) is 3. The summed E-state index contributed by atoms with van der Waals surface area (Å²) in [7, 11) is 0. The van der Waals surface area contributed by atoms with Crippen molar-refractivity contribution in [1.29, 1.82) is 0 Å². The van der Waals surface area contributed by atoms with Gasteiger partial charge in [-0.3, -0.25) is 0 Å². The molecule has 0 unspecified atom stereocenters. The Morgan fingerprint density at radius 2 is 0.778 bits per heavy atom. The Hall–Kier alpha value is 1.79. The normalized spacial score (nSPS) is 4.67. The van der Waals surface area contributed by atoms with Crippen molar-refractivity contribution in [3.8, 4) is 0 Å². The van der Waals surface area contributed by atoms with Gasteiger partial charge in [-0.1, -0.05) is 74.1 Å². The molecule has 0 heterocycles. The van der Waals surface area contributed by atoms with Gasteiger partial charge in [0.1, 0.15) is 0 Å². The molecule has 0 amide bonds. The van der Waals surface area contributed by atoms with Crippen LogP contribution in [-0.4, -0.2) is 0 Å². The molecule has 0 aromatic heterocycles. The van der Waals surface area contributed by atoms with E-state index in [1.807, 2.05) is 27.7 Å². The van der Waals surface area contributed by atoms with E-state index in [0.717, 1.165) is 6.42 Å². The van der Waals surface area contributed by atoms with Crippen LogP contribution in [0.15, 0.2) is 0 Å². The summed E-state index contributed by atoms with van der Waals surface area (Å²) in [6.07, 6.45) is 6.35. The van der Waals surface area contributed by atoms with Crippen molar-refractivity contribution in [1.82, 2.24) is 0 Å². The molecule has 0 fully saturated rings. The minimum absolute atomic E-state index is 0. The van der Waals surface area contributed by atoms with Crippen LogP contribution in [0.3, 0.4) is 0 Å². The van der Waals surface area contributed by atoms with Gasteiger partial charge in [-0.2, -0.15) is 6.42 Å². The fourth-order valence-corrected chi connectivity index (χ4v) is 0.354. The van der Waals surface area contributed by atoms with Crippen LogP contribution in [0.5, 0.6) is 0 Å². The molecule has 0 nitrogen and oxygen atoms in total. The van der Waals surface area contributed by atoms with Crippen molar-refractivity contribution in [2.75, 3.05) is 0 Å². The molecule has 18 heavy (non-hydrogen) atoms. The first-order chi connectivity index (χ1) is 6.33. The second-order valence-corrected chi connectivity index (χ2v) is 2.21. The standard InChI is InChI=1S/C5H12.C4H9.2C2H6.2CH3.3Li/c1-3-5-4-2;1-3-4-2;2*1-2;;;;;/h3-5H2,1-2H3;1,3-4H2,2H3;2*1-2H3;2*1H3;;;/q;-1;;;2*-1;3*+1. The first-order valence-corrected chi connectivity index (χ1v) is 6.12. The third-order valence-electron chi connectivity index (χ3n) is 1.06. The average molecular weight is 240 g/mol. The van der Waals surface area contributed by atoms with Crippen LogP contribution in [0.2, 0.25) is 0 Å². The maximum atomic E-state index is 3.60. The molecular formula is C15H39Li3. The molecule has 0 atom stereocenters. The van der Waals surface area contributed by atoms with Crippen molar-refractivity contribution in [2.45, 2.75) is 80.6 Å². The first kappa shape index (κ1) is 60.0. The number of hydrogen-bond donors (Lipinski definition) is 0. The molecule has 0 rings (SSSR count). The Morgan fingerprint density at radius 3 is 0.778 bits per heavy atom. The zero-order valence-corrected chi connectivity index (χ0v) is 16.2. The molecule has 102 valence electrons. The summed E-state index contributed by atoms with van der Waals surface area (Å²) in [6, 6.07) is 0. The van der Waals surface area contributed by atoms with E-state index < -0.39 is 0 Å². The molecule has 0 spiro atoms. The molecule has 0 aliphatic heterocycles. The number of rotatable bonds is 3. The molecule has 0 N–H and O–H groups in total. The van der Waals surface area contributed by atoms with E-state index in [-0.39, 0.29) is 71.4 Å². The van der Waals surface area contributed by atoms with E-state index in [1.165, 1.54) is 25.7 Å². The third kappa shape index (κ3) is 218. The zero-order chi connectivity index (χ0) is 11.5. The predicted octanol–water partition coefficient (Wildman–Crippen LogP) is -2.22. The third-order valence-corrected chi connectivity index (χ3v) is 1.06. The van der Waals surface area contributed by atoms with Crippen molar-refractivity contribution < 1.29 is 56.6 Å². The maximum absolute atomic E-state index is 3.60. The molecule has 0 saturated carbocycles. The fraction of sp³-hybridized carbons (Fsp3) is 0.800. The van der Waals surface area contributed by atoms with Gasteiger partial charge in [-0.25, -0.2) is 0 Å². The minimum atomic E-state index is 0. The van der Waals surface area contributed by atoms with Gasteiger partial charge < -0.3 is 21.8 Å². The molecular weight excluding hydrogens is 201 g/mol. The smallest absolute Gasteiger partial charge is 0.358 e. The van der Waals surface area contributed by atoms with E-state index >= 15 is 0 Å². The summed E-state index contributed by atoms with van der Waals surface area (Å²) in [4.78, 5) is 0. The molecule has 0 saturated heterocycles. The Morgan fingerprint density at radius 1 is 0.611 bits per heavy atom. The van der Waals surface area contributed by atoms with Crippen LogP contribution in [0.1, 0.15) is 80.6 Å². The van der Waals surface area contributed by atoms with Crippen molar-refractivity contribution >= 4 is 0 Å². The van der Waals surface area contributed by atoms with Gasteiger partial charge >= 0.3 is 56.6 Å². The van der Waals surface area contributed by atoms with Gasteiger partial charge in [-0.15, -0.1) is 0 Å². The van der Waals surface area contributed by atoms with E-state index in [0.29, 0.717) is 0 Å². The Kier molecular flexibility index (Phi) is 430. The van der Waals surface area contributed by atoms with Gasteiger partial charge in [0.2, 0.25) is 0 Å². The van der Waals surface area contributed by atoms with E-state index in [9.17, 15) is 0 Å².